The summed E-state index contributed by atoms with van der Waals surface area (Å²) in [5, 5.41) is 0. The zero-order chi connectivity index (χ0) is 14.3. The Morgan fingerprint density at radius 1 is 0.952 bits per heavy atom. The molecule has 2 aromatic rings. The van der Waals surface area contributed by atoms with E-state index in [1.165, 1.54) is 0 Å². The van der Waals surface area contributed by atoms with E-state index in [2.05, 4.69) is 12.1 Å². The van der Waals surface area contributed by atoms with Gasteiger partial charge in [-0.15, -0.1) is 0 Å². The average Bonchev–Trinajstić information content (AvgIpc) is 2.55. The van der Waals surface area contributed by atoms with Crippen LogP contribution in [-0.2, 0) is 11.3 Å². The summed E-state index contributed by atoms with van der Waals surface area (Å²) in [5.74, 6) is 1.61. The Kier molecular flexibility index (Phi) is 4.74. The molecule has 1 heterocycles. The van der Waals surface area contributed by atoms with E-state index >= 15 is 0 Å². The van der Waals surface area contributed by atoms with E-state index in [0.29, 0.717) is 6.61 Å². The number of ether oxygens (including phenoxy) is 3. The molecule has 1 aliphatic rings. The molecule has 0 radical (unpaired) electrons. The van der Waals surface area contributed by atoms with Gasteiger partial charge in [-0.05, 0) is 30.5 Å². The molecule has 3 rings (SSSR count). The summed E-state index contributed by atoms with van der Waals surface area (Å²) in [4.78, 5) is 0. The lowest BCUT2D eigenvalue weighted by atomic mass is 10.2. The van der Waals surface area contributed by atoms with Gasteiger partial charge in [-0.2, -0.15) is 0 Å². The molecule has 1 aliphatic heterocycles. The van der Waals surface area contributed by atoms with Crippen molar-refractivity contribution in [1.82, 2.24) is 0 Å². The monoisotopic (exact) mass is 284 g/mol. The highest BCUT2D eigenvalue weighted by Gasteiger charge is 2.15. The van der Waals surface area contributed by atoms with Crippen LogP contribution in [0.5, 0.6) is 11.5 Å². The van der Waals surface area contributed by atoms with Crippen molar-refractivity contribution in [3.8, 4) is 11.5 Å². The van der Waals surface area contributed by atoms with Gasteiger partial charge >= 0.3 is 0 Å². The molecule has 0 saturated carbocycles. The molecule has 2 aromatic carbocycles. The molecule has 0 bridgehead atoms. The predicted octanol–water partition coefficient (Wildman–Crippen LogP) is 4.17. The zero-order valence-corrected chi connectivity index (χ0v) is 12.0. The third kappa shape index (κ3) is 4.23. The van der Waals surface area contributed by atoms with E-state index in [1.807, 2.05) is 42.5 Å². The van der Waals surface area contributed by atoms with Gasteiger partial charge in [0.25, 0.3) is 0 Å². The lowest BCUT2D eigenvalue weighted by Gasteiger charge is -2.23. The average molecular weight is 284 g/mol. The molecule has 0 spiro atoms. The fraction of sp³-hybridized carbons (Fsp3) is 0.333. The van der Waals surface area contributed by atoms with Gasteiger partial charge in [-0.1, -0.05) is 36.4 Å². The maximum absolute atomic E-state index is 5.85. The van der Waals surface area contributed by atoms with Crippen LogP contribution in [0.25, 0.3) is 0 Å². The molecule has 1 fully saturated rings. The van der Waals surface area contributed by atoms with Crippen molar-refractivity contribution in [2.45, 2.75) is 32.2 Å². The van der Waals surface area contributed by atoms with Crippen molar-refractivity contribution >= 4 is 0 Å². The number of hydrogen-bond donors (Lipinski definition) is 0. The van der Waals surface area contributed by atoms with Gasteiger partial charge in [0, 0.05) is 12.5 Å². The SMILES string of the molecule is c1ccc(COc2cccc(OC3CCCCO3)c2)cc1. The molecule has 1 unspecified atom stereocenters. The summed E-state index contributed by atoms with van der Waals surface area (Å²) < 4.78 is 17.2. The first-order chi connectivity index (χ1) is 10.4. The van der Waals surface area contributed by atoms with Crippen molar-refractivity contribution in [2.75, 3.05) is 6.61 Å². The molecule has 1 atom stereocenters. The minimum absolute atomic E-state index is 0.122. The molecular weight excluding hydrogens is 264 g/mol. The third-order valence-electron chi connectivity index (χ3n) is 3.46. The summed E-state index contributed by atoms with van der Waals surface area (Å²) in [6.07, 6.45) is 3.12. The summed E-state index contributed by atoms with van der Waals surface area (Å²) >= 11 is 0. The van der Waals surface area contributed by atoms with E-state index in [4.69, 9.17) is 14.2 Å². The Bertz CT molecular complexity index is 547. The number of benzene rings is 2. The molecule has 110 valence electrons. The fourth-order valence-electron chi connectivity index (χ4n) is 2.33. The van der Waals surface area contributed by atoms with Crippen molar-refractivity contribution in [3.63, 3.8) is 0 Å². The second kappa shape index (κ2) is 7.14. The maximum Gasteiger partial charge on any atom is 0.199 e. The van der Waals surface area contributed by atoms with Gasteiger partial charge in [-0.3, -0.25) is 0 Å². The van der Waals surface area contributed by atoms with E-state index in [9.17, 15) is 0 Å². The molecular formula is C18H20O3. The first kappa shape index (κ1) is 14.0. The standard InChI is InChI=1S/C18H20O3/c1-2-7-15(8-3-1)14-20-16-9-6-10-17(13-16)21-18-11-4-5-12-19-18/h1-3,6-10,13,18H,4-5,11-12,14H2. The maximum atomic E-state index is 5.85. The Morgan fingerprint density at radius 2 is 1.81 bits per heavy atom. The molecule has 1 saturated heterocycles. The number of hydrogen-bond acceptors (Lipinski definition) is 3. The topological polar surface area (TPSA) is 27.7 Å². The van der Waals surface area contributed by atoms with Gasteiger partial charge in [0.05, 0.1) is 6.61 Å². The highest BCUT2D eigenvalue weighted by atomic mass is 16.7. The van der Waals surface area contributed by atoms with Crippen LogP contribution in [0.3, 0.4) is 0 Å². The molecule has 0 amide bonds. The summed E-state index contributed by atoms with van der Waals surface area (Å²) in [6.45, 7) is 1.35. The summed E-state index contributed by atoms with van der Waals surface area (Å²) in [7, 11) is 0. The number of rotatable bonds is 5. The summed E-state index contributed by atoms with van der Waals surface area (Å²) in [5.41, 5.74) is 1.15. The van der Waals surface area contributed by atoms with Crippen LogP contribution in [0, 0.1) is 0 Å². The van der Waals surface area contributed by atoms with Crippen molar-refractivity contribution in [3.05, 3.63) is 60.2 Å². The lowest BCUT2D eigenvalue weighted by Crippen LogP contribution is -2.24. The van der Waals surface area contributed by atoms with Crippen LogP contribution in [-0.4, -0.2) is 12.9 Å². The highest BCUT2D eigenvalue weighted by Crippen LogP contribution is 2.24. The molecule has 3 heteroatoms. The Hall–Kier alpha value is -2.00. The van der Waals surface area contributed by atoms with Crippen LogP contribution >= 0.6 is 0 Å². The van der Waals surface area contributed by atoms with Crippen LogP contribution in [0.4, 0.5) is 0 Å². The summed E-state index contributed by atoms with van der Waals surface area (Å²) in [6, 6.07) is 17.9. The molecule has 21 heavy (non-hydrogen) atoms. The minimum Gasteiger partial charge on any atom is -0.489 e. The first-order valence-corrected chi connectivity index (χ1v) is 7.45. The molecule has 0 aromatic heterocycles. The van der Waals surface area contributed by atoms with E-state index in [-0.39, 0.29) is 6.29 Å². The van der Waals surface area contributed by atoms with E-state index < -0.39 is 0 Å². The van der Waals surface area contributed by atoms with Crippen molar-refractivity contribution in [1.29, 1.82) is 0 Å². The first-order valence-electron chi connectivity index (χ1n) is 7.45. The van der Waals surface area contributed by atoms with Crippen molar-refractivity contribution in [2.24, 2.45) is 0 Å². The Labute approximate surface area is 125 Å². The van der Waals surface area contributed by atoms with Gasteiger partial charge in [0.1, 0.15) is 18.1 Å². The van der Waals surface area contributed by atoms with E-state index in [1.54, 1.807) is 0 Å². The molecule has 0 N–H and O–H groups in total. The van der Waals surface area contributed by atoms with Crippen LogP contribution in [0.15, 0.2) is 54.6 Å². The van der Waals surface area contributed by atoms with Gasteiger partial charge < -0.3 is 14.2 Å². The van der Waals surface area contributed by atoms with Crippen LogP contribution < -0.4 is 9.47 Å². The van der Waals surface area contributed by atoms with Gasteiger partial charge in [0.2, 0.25) is 0 Å². The zero-order valence-electron chi connectivity index (χ0n) is 12.0. The quantitative estimate of drug-likeness (QED) is 0.824. The Balaban J connectivity index is 1.57. The van der Waals surface area contributed by atoms with Gasteiger partial charge in [-0.25, -0.2) is 0 Å². The van der Waals surface area contributed by atoms with Crippen molar-refractivity contribution < 1.29 is 14.2 Å². The van der Waals surface area contributed by atoms with Gasteiger partial charge in [0.15, 0.2) is 6.29 Å². The van der Waals surface area contributed by atoms with Crippen LogP contribution in [0.2, 0.25) is 0 Å². The fourth-order valence-corrected chi connectivity index (χ4v) is 2.33. The highest BCUT2D eigenvalue weighted by molar-refractivity contribution is 5.33. The van der Waals surface area contributed by atoms with E-state index in [0.717, 1.165) is 42.9 Å². The third-order valence-corrected chi connectivity index (χ3v) is 3.46. The molecule has 3 nitrogen and oxygen atoms in total. The second-order valence-electron chi connectivity index (χ2n) is 5.16. The smallest absolute Gasteiger partial charge is 0.199 e. The second-order valence-corrected chi connectivity index (χ2v) is 5.16. The predicted molar refractivity (Wildman–Crippen MR) is 81.4 cm³/mol. The largest absolute Gasteiger partial charge is 0.489 e. The normalized spacial score (nSPS) is 18.2. The minimum atomic E-state index is -0.122. The Morgan fingerprint density at radius 3 is 2.62 bits per heavy atom. The molecule has 0 aliphatic carbocycles. The lowest BCUT2D eigenvalue weighted by molar-refractivity contribution is -0.105. The van der Waals surface area contributed by atoms with Crippen LogP contribution in [0.1, 0.15) is 24.8 Å².